The van der Waals surface area contributed by atoms with E-state index in [1.54, 1.807) is 17.0 Å². The smallest absolute Gasteiger partial charge is 0.414 e. The molecule has 1 aliphatic heterocycles. The summed E-state index contributed by atoms with van der Waals surface area (Å²) in [7, 11) is 0. The molecule has 1 aromatic carbocycles. The molecule has 0 unspecified atom stereocenters. The Labute approximate surface area is 177 Å². The second-order valence-electron chi connectivity index (χ2n) is 8.47. The van der Waals surface area contributed by atoms with Crippen molar-refractivity contribution in [2.45, 2.75) is 46.6 Å². The van der Waals surface area contributed by atoms with E-state index in [1.807, 2.05) is 26.8 Å². The Hall–Kier alpha value is -2.23. The van der Waals surface area contributed by atoms with Crippen molar-refractivity contribution in [3.63, 3.8) is 0 Å². The Bertz CT molecular complexity index is 706. The highest BCUT2D eigenvalue weighted by atomic mass is 19.4. The third kappa shape index (κ3) is 9.51. The van der Waals surface area contributed by atoms with E-state index in [1.165, 1.54) is 0 Å². The minimum Gasteiger partial charge on any atom is -0.489 e. The second kappa shape index (κ2) is 11.8. The maximum absolute atomic E-state index is 12.2. The predicted molar refractivity (Wildman–Crippen MR) is 114 cm³/mol. The number of benzene rings is 1. The van der Waals surface area contributed by atoms with E-state index >= 15 is 0 Å². The van der Waals surface area contributed by atoms with Gasteiger partial charge in [0.25, 0.3) is 0 Å². The number of hydrogen-bond donors (Lipinski definition) is 2. The second-order valence-corrected chi connectivity index (χ2v) is 8.47. The molecule has 7 nitrogen and oxygen atoms in total. The van der Waals surface area contributed by atoms with Crippen molar-refractivity contribution in [2.24, 2.45) is 11.8 Å². The molecule has 1 heterocycles. The van der Waals surface area contributed by atoms with Gasteiger partial charge in [-0.05, 0) is 62.4 Å². The highest BCUT2D eigenvalue weighted by molar-refractivity contribution is 5.90. The molecule has 1 aliphatic rings. The number of carbonyl (C=O) groups excluding carboxylic acids is 1. The zero-order valence-electron chi connectivity index (χ0n) is 18.5. The van der Waals surface area contributed by atoms with Gasteiger partial charge in [0.1, 0.15) is 18.0 Å². The highest BCUT2D eigenvalue weighted by Gasteiger charge is 2.29. The van der Waals surface area contributed by atoms with Gasteiger partial charge >= 0.3 is 6.09 Å². The number of hydrazine groups is 1. The molecule has 9 heteroatoms. The molecule has 0 saturated carbocycles. The van der Waals surface area contributed by atoms with E-state index in [2.05, 4.69) is 25.9 Å². The van der Waals surface area contributed by atoms with Gasteiger partial charge in [0, 0.05) is 18.4 Å². The van der Waals surface area contributed by atoms with Gasteiger partial charge in [-0.3, -0.25) is 16.2 Å². The fraction of sp³-hybridized carbons (Fsp3) is 0.571. The Morgan fingerprint density at radius 1 is 1.37 bits per heavy atom. The van der Waals surface area contributed by atoms with Crippen LogP contribution in [0.1, 0.15) is 40.2 Å². The van der Waals surface area contributed by atoms with Crippen LogP contribution in [0.4, 0.5) is 19.4 Å². The fourth-order valence-corrected chi connectivity index (χ4v) is 2.61. The first kappa shape index (κ1) is 25.8. The van der Waals surface area contributed by atoms with Crippen molar-refractivity contribution in [3.05, 3.63) is 35.9 Å². The van der Waals surface area contributed by atoms with Crippen LogP contribution in [0.2, 0.25) is 0 Å². The van der Waals surface area contributed by atoms with E-state index in [-0.39, 0.29) is 18.3 Å². The van der Waals surface area contributed by atoms with Crippen molar-refractivity contribution in [1.29, 1.82) is 0 Å². The number of nitrogens with zero attached hydrogens (tertiary/aromatic N) is 2. The summed E-state index contributed by atoms with van der Waals surface area (Å²) in [5.74, 6) is 6.20. The average molecular weight is 429 g/mol. The molecule has 0 atom stereocenters. The number of ether oxygens (including phenoxy) is 2. The van der Waals surface area contributed by atoms with Crippen molar-refractivity contribution >= 4 is 11.8 Å². The summed E-state index contributed by atoms with van der Waals surface area (Å²) < 4.78 is 35.1. The first-order valence-electron chi connectivity index (χ1n) is 9.88. The molecule has 2 rings (SSSR count). The summed E-state index contributed by atoms with van der Waals surface area (Å²) >= 11 is 0. The molecule has 0 radical (unpaired) electrons. The normalized spacial score (nSPS) is 13.1. The first-order valence-corrected chi connectivity index (χ1v) is 9.88. The lowest BCUT2D eigenvalue weighted by Gasteiger charge is -2.24. The number of halogens is 2. The number of fused-ring (bicyclic) bond motifs is 1. The molecule has 0 saturated heterocycles. The standard InChI is InChI=1S/C17H22F2N2O3.C4H12N2/c1-12(10-21(18)19)11-23-14-5-6-15-13(9-14)7-8-20(15)16(22)24-17(2,3)4;1-4(2)3-6-5/h5-6,9H,1,7-8,10-11H2,2-4H3;4,6H,3,5H2,1-2H3. The third-order valence-electron chi connectivity index (χ3n) is 3.87. The largest absolute Gasteiger partial charge is 0.489 e. The molecule has 3 N–H and O–H groups in total. The lowest BCUT2D eigenvalue weighted by Crippen LogP contribution is -2.35. The molecule has 0 aliphatic carbocycles. The maximum Gasteiger partial charge on any atom is 0.414 e. The highest BCUT2D eigenvalue weighted by Crippen LogP contribution is 2.32. The number of nitrogens with two attached hydrogens (primary N) is 1. The lowest BCUT2D eigenvalue weighted by atomic mass is 10.1. The number of amides is 1. The van der Waals surface area contributed by atoms with Gasteiger partial charge in [-0.25, -0.2) is 4.79 Å². The number of carbonyl (C=O) groups is 1. The molecule has 0 aromatic heterocycles. The Morgan fingerprint density at radius 3 is 2.53 bits per heavy atom. The summed E-state index contributed by atoms with van der Waals surface area (Å²) in [4.78, 5) is 13.8. The first-order chi connectivity index (χ1) is 13.9. The van der Waals surface area contributed by atoms with Crippen molar-refractivity contribution in [3.8, 4) is 5.75 Å². The third-order valence-corrected chi connectivity index (χ3v) is 3.87. The van der Waals surface area contributed by atoms with Gasteiger partial charge in [-0.1, -0.05) is 20.4 Å². The van der Waals surface area contributed by atoms with Crippen LogP contribution in [0.15, 0.2) is 30.4 Å². The van der Waals surface area contributed by atoms with Gasteiger partial charge in [0.15, 0.2) is 0 Å². The predicted octanol–water partition coefficient (Wildman–Crippen LogP) is 4.10. The summed E-state index contributed by atoms with van der Waals surface area (Å²) in [5.41, 5.74) is 4.04. The van der Waals surface area contributed by atoms with Crippen LogP contribution < -0.4 is 20.9 Å². The van der Waals surface area contributed by atoms with E-state index in [9.17, 15) is 13.8 Å². The zero-order valence-corrected chi connectivity index (χ0v) is 18.5. The molecular weight excluding hydrogens is 394 g/mol. The fourth-order valence-electron chi connectivity index (χ4n) is 2.61. The average Bonchev–Trinajstić information content (AvgIpc) is 3.01. The van der Waals surface area contributed by atoms with Crippen LogP contribution in [-0.2, 0) is 11.2 Å². The van der Waals surface area contributed by atoms with Crippen LogP contribution in [0, 0.1) is 5.92 Å². The van der Waals surface area contributed by atoms with Gasteiger partial charge in [0.05, 0.1) is 12.2 Å². The van der Waals surface area contributed by atoms with Crippen molar-refractivity contribution in [2.75, 3.05) is 31.1 Å². The monoisotopic (exact) mass is 428 g/mol. The Balaban J connectivity index is 0.000000656. The van der Waals surface area contributed by atoms with E-state index in [0.717, 1.165) is 17.8 Å². The number of rotatable bonds is 7. The number of anilines is 1. The van der Waals surface area contributed by atoms with E-state index < -0.39 is 17.5 Å². The topological polar surface area (TPSA) is 80.1 Å². The Kier molecular flexibility index (Phi) is 10.2. The van der Waals surface area contributed by atoms with Gasteiger partial charge in [-0.15, -0.1) is 8.96 Å². The minimum absolute atomic E-state index is 0.0128. The van der Waals surface area contributed by atoms with Crippen LogP contribution in [0.25, 0.3) is 0 Å². The molecule has 0 bridgehead atoms. The number of nitrogens with one attached hydrogen (secondary N) is 1. The molecule has 170 valence electrons. The zero-order chi connectivity index (χ0) is 22.9. The summed E-state index contributed by atoms with van der Waals surface area (Å²) in [6.07, 6.45) is 0.310. The summed E-state index contributed by atoms with van der Waals surface area (Å²) in [6, 6.07) is 5.30. The van der Waals surface area contributed by atoms with E-state index in [0.29, 0.717) is 24.6 Å². The lowest BCUT2D eigenvalue weighted by molar-refractivity contribution is -0.145. The molecule has 0 fully saturated rings. The maximum atomic E-state index is 12.2. The number of hydrogen-bond acceptors (Lipinski definition) is 6. The van der Waals surface area contributed by atoms with Crippen LogP contribution in [-0.4, -0.2) is 43.3 Å². The van der Waals surface area contributed by atoms with Crippen molar-refractivity contribution in [1.82, 2.24) is 10.8 Å². The summed E-state index contributed by atoms with van der Waals surface area (Å²) in [5, 5.41) is -0.937. The van der Waals surface area contributed by atoms with Crippen LogP contribution in [0.5, 0.6) is 5.75 Å². The molecule has 30 heavy (non-hydrogen) atoms. The van der Waals surface area contributed by atoms with Crippen molar-refractivity contribution < 1.29 is 23.2 Å². The van der Waals surface area contributed by atoms with Gasteiger partial charge in [0.2, 0.25) is 0 Å². The quantitative estimate of drug-likeness (QED) is 0.295. The summed E-state index contributed by atoms with van der Waals surface area (Å²) in [6.45, 7) is 14.1. The van der Waals surface area contributed by atoms with Gasteiger partial charge in [-0.2, -0.15) is 0 Å². The molecular formula is C21H34F2N4O3. The van der Waals surface area contributed by atoms with E-state index in [4.69, 9.17) is 15.3 Å². The molecule has 1 aromatic rings. The van der Waals surface area contributed by atoms with Crippen LogP contribution in [0.3, 0.4) is 0 Å². The Morgan fingerprint density at radius 2 is 2.03 bits per heavy atom. The SMILES string of the molecule is C=C(COc1ccc2c(c1)CCN2C(=O)OC(C)(C)C)CN(F)F.CC(C)CNN. The van der Waals surface area contributed by atoms with Gasteiger partial charge < -0.3 is 9.47 Å². The molecule has 0 spiro atoms. The minimum atomic E-state index is -0.937. The van der Waals surface area contributed by atoms with Crippen LogP contribution >= 0.6 is 0 Å². The molecule has 1 amide bonds.